The van der Waals surface area contributed by atoms with E-state index in [1.807, 2.05) is 17.1 Å². The molecule has 0 radical (unpaired) electrons. The van der Waals surface area contributed by atoms with Crippen LogP contribution in [0.3, 0.4) is 0 Å². The van der Waals surface area contributed by atoms with Gasteiger partial charge < -0.3 is 0 Å². The highest BCUT2D eigenvalue weighted by atomic mass is 35.5. The summed E-state index contributed by atoms with van der Waals surface area (Å²) in [5.41, 5.74) is 4.62. The van der Waals surface area contributed by atoms with Crippen molar-refractivity contribution in [3.63, 3.8) is 0 Å². The Morgan fingerprint density at radius 3 is 2.47 bits per heavy atom. The van der Waals surface area contributed by atoms with Crippen LogP contribution in [0.5, 0.6) is 0 Å². The second-order valence-corrected chi connectivity index (χ2v) is 12.2. The molecule has 1 amide bonds. The Labute approximate surface area is 270 Å². The van der Waals surface area contributed by atoms with Gasteiger partial charge in [-0.25, -0.2) is 19.4 Å². The van der Waals surface area contributed by atoms with Gasteiger partial charge in [0.1, 0.15) is 12.7 Å². The molecule has 45 heavy (non-hydrogen) atoms. The number of thiophene rings is 1. The molecule has 230 valence electrons. The summed E-state index contributed by atoms with van der Waals surface area (Å²) in [6, 6.07) is 13.4. The average Bonchev–Trinajstić information content (AvgIpc) is 3.77. The number of amides is 1. The molecule has 3 aromatic heterocycles. The van der Waals surface area contributed by atoms with Crippen molar-refractivity contribution in [1.82, 2.24) is 35.0 Å². The van der Waals surface area contributed by atoms with Crippen LogP contribution < -0.4 is 5.43 Å². The molecule has 8 nitrogen and oxygen atoms in total. The predicted octanol–water partition coefficient (Wildman–Crippen LogP) is 7.10. The van der Waals surface area contributed by atoms with E-state index in [9.17, 15) is 18.0 Å². The fourth-order valence-corrected chi connectivity index (χ4v) is 6.36. The van der Waals surface area contributed by atoms with E-state index in [0.29, 0.717) is 37.4 Å². The van der Waals surface area contributed by atoms with Gasteiger partial charge in [0, 0.05) is 29.2 Å². The summed E-state index contributed by atoms with van der Waals surface area (Å²) < 4.78 is 42.1. The van der Waals surface area contributed by atoms with Crippen molar-refractivity contribution in [2.75, 3.05) is 13.1 Å². The first-order valence-corrected chi connectivity index (χ1v) is 15.5. The fourth-order valence-electron chi connectivity index (χ4n) is 4.95. The Morgan fingerprint density at radius 2 is 1.78 bits per heavy atom. The van der Waals surface area contributed by atoms with E-state index in [1.165, 1.54) is 29.8 Å². The molecule has 5 aromatic rings. The highest BCUT2D eigenvalue weighted by molar-refractivity contribution is 7.16. The third kappa shape index (κ3) is 7.07. The van der Waals surface area contributed by atoms with Gasteiger partial charge in [-0.2, -0.15) is 23.4 Å². The van der Waals surface area contributed by atoms with Crippen molar-refractivity contribution in [2.45, 2.75) is 32.0 Å². The van der Waals surface area contributed by atoms with Crippen LogP contribution in [0.4, 0.5) is 13.2 Å². The Hall–Kier alpha value is -4.15. The maximum absolute atomic E-state index is 13.8. The van der Waals surface area contributed by atoms with Crippen molar-refractivity contribution in [1.29, 1.82) is 0 Å². The number of benzene rings is 2. The smallest absolute Gasteiger partial charge is 0.283 e. The van der Waals surface area contributed by atoms with Crippen LogP contribution >= 0.6 is 34.5 Å². The van der Waals surface area contributed by atoms with Gasteiger partial charge >= 0.3 is 6.18 Å². The number of carbonyl (C=O) groups is 1. The summed E-state index contributed by atoms with van der Waals surface area (Å²) in [6.07, 6.45) is 1.62. The van der Waals surface area contributed by atoms with E-state index in [1.54, 1.807) is 33.9 Å². The molecule has 1 aliphatic rings. The molecule has 0 atom stereocenters. The van der Waals surface area contributed by atoms with Crippen LogP contribution in [0.2, 0.25) is 10.0 Å². The minimum Gasteiger partial charge on any atom is -0.283 e. The second-order valence-electron chi connectivity index (χ2n) is 10.3. The van der Waals surface area contributed by atoms with Crippen LogP contribution in [0.25, 0.3) is 16.3 Å². The van der Waals surface area contributed by atoms with E-state index in [2.05, 4.69) is 27.3 Å². The lowest BCUT2D eigenvalue weighted by atomic mass is 10.1. The summed E-state index contributed by atoms with van der Waals surface area (Å²) in [5, 5.41) is 11.7. The largest absolute Gasteiger partial charge is 0.416 e. The summed E-state index contributed by atoms with van der Waals surface area (Å²) in [6.45, 7) is 1.67. The minimum absolute atomic E-state index is 0.188. The number of piperidine rings is 1. The maximum Gasteiger partial charge on any atom is 0.416 e. The van der Waals surface area contributed by atoms with Crippen molar-refractivity contribution in [2.24, 2.45) is 0 Å². The topological polar surface area (TPSA) is 80.9 Å². The summed E-state index contributed by atoms with van der Waals surface area (Å²) in [5.74, 6) is 5.60. The normalized spacial score (nSPS) is 13.8. The number of nitrogens with one attached hydrogen (secondary N) is 1. The number of aromatic nitrogens is 5. The van der Waals surface area contributed by atoms with Crippen LogP contribution in [0.1, 0.15) is 51.3 Å². The standard InChI is InChI=1S/C31H24Cl2F3N7OS/c32-22-9-12-26(25(33)16-22)43-29(27-13-11-23(45-27)10-6-20-4-7-21(8-5-20)31(34,35)36)24(17-42-19-37-18-38-42)28(39-43)30(44)40-41-14-2-1-3-15-41/h4-5,7-9,11-13,16,18-19H,1-3,14-15,17H2,(H,40,44). The van der Waals surface area contributed by atoms with Crippen LogP contribution in [0, 0.1) is 11.8 Å². The molecule has 2 aromatic carbocycles. The predicted molar refractivity (Wildman–Crippen MR) is 166 cm³/mol. The molecule has 14 heteroatoms. The molecular formula is C31H24Cl2F3N7OS. The molecule has 0 spiro atoms. The van der Waals surface area contributed by atoms with Crippen molar-refractivity contribution in [3.8, 4) is 28.1 Å². The number of hydrazine groups is 1. The maximum atomic E-state index is 13.8. The molecule has 0 bridgehead atoms. The van der Waals surface area contributed by atoms with Crippen LogP contribution in [0.15, 0.2) is 67.3 Å². The van der Waals surface area contributed by atoms with E-state index in [4.69, 9.17) is 28.3 Å². The van der Waals surface area contributed by atoms with Gasteiger partial charge in [0.2, 0.25) is 0 Å². The lowest BCUT2D eigenvalue weighted by Crippen LogP contribution is -2.45. The van der Waals surface area contributed by atoms with Crippen molar-refractivity contribution in [3.05, 3.63) is 105 Å². The van der Waals surface area contributed by atoms with Crippen LogP contribution in [-0.4, -0.2) is 48.6 Å². The highest BCUT2D eigenvalue weighted by Gasteiger charge is 2.30. The van der Waals surface area contributed by atoms with Gasteiger partial charge in [-0.15, -0.1) is 11.3 Å². The quantitative estimate of drug-likeness (QED) is 0.195. The zero-order chi connectivity index (χ0) is 31.6. The lowest BCUT2D eigenvalue weighted by molar-refractivity contribution is -0.137. The number of hydrogen-bond donors (Lipinski definition) is 1. The summed E-state index contributed by atoms with van der Waals surface area (Å²) in [4.78, 5) is 19.2. The molecule has 0 aliphatic carbocycles. The molecule has 1 saturated heterocycles. The number of hydrogen-bond acceptors (Lipinski definition) is 6. The Morgan fingerprint density at radius 1 is 1.00 bits per heavy atom. The van der Waals surface area contributed by atoms with Gasteiger partial charge in [-0.3, -0.25) is 10.2 Å². The number of nitrogens with zero attached hydrogens (tertiary/aromatic N) is 6. The molecule has 1 fully saturated rings. The average molecular weight is 671 g/mol. The van der Waals surface area contributed by atoms with E-state index < -0.39 is 11.7 Å². The van der Waals surface area contributed by atoms with Gasteiger partial charge in [0.05, 0.1) is 38.3 Å². The summed E-state index contributed by atoms with van der Waals surface area (Å²) in [7, 11) is 0. The Balaban J connectivity index is 1.44. The Kier molecular flexibility index (Phi) is 8.96. The number of carbonyl (C=O) groups excluding carboxylic acids is 1. The molecule has 1 N–H and O–H groups in total. The Bertz CT molecular complexity index is 1880. The third-order valence-electron chi connectivity index (χ3n) is 7.12. The monoisotopic (exact) mass is 669 g/mol. The first kappa shape index (κ1) is 30.9. The SMILES string of the molecule is O=C(NN1CCCCC1)c1nn(-c2ccc(Cl)cc2Cl)c(-c2ccc(C#Cc3ccc(C(F)(F)F)cc3)s2)c1Cn1cncn1. The van der Waals surface area contributed by atoms with Gasteiger partial charge in [0.25, 0.3) is 5.91 Å². The molecule has 6 rings (SSSR count). The van der Waals surface area contributed by atoms with E-state index in [0.717, 1.165) is 49.4 Å². The molecule has 0 saturated carbocycles. The zero-order valence-corrected chi connectivity index (χ0v) is 25.8. The summed E-state index contributed by atoms with van der Waals surface area (Å²) >= 11 is 14.2. The van der Waals surface area contributed by atoms with Crippen LogP contribution in [-0.2, 0) is 12.7 Å². The minimum atomic E-state index is -4.42. The zero-order valence-electron chi connectivity index (χ0n) is 23.5. The second kappa shape index (κ2) is 13.1. The highest BCUT2D eigenvalue weighted by Crippen LogP contribution is 2.37. The van der Waals surface area contributed by atoms with Crippen molar-refractivity contribution < 1.29 is 18.0 Å². The fraction of sp³-hybridized carbons (Fsp3) is 0.226. The number of rotatable bonds is 6. The van der Waals surface area contributed by atoms with Gasteiger partial charge in [0.15, 0.2) is 5.69 Å². The van der Waals surface area contributed by atoms with Gasteiger partial charge in [-0.1, -0.05) is 41.5 Å². The molecular weight excluding hydrogens is 646 g/mol. The number of halogens is 5. The van der Waals surface area contributed by atoms with E-state index in [-0.39, 0.29) is 18.1 Å². The molecule has 1 aliphatic heterocycles. The van der Waals surface area contributed by atoms with Gasteiger partial charge in [-0.05, 0) is 67.4 Å². The third-order valence-corrected chi connectivity index (χ3v) is 8.67. The lowest BCUT2D eigenvalue weighted by Gasteiger charge is -2.26. The first-order valence-electron chi connectivity index (χ1n) is 13.9. The number of alkyl halides is 3. The molecule has 0 unspecified atom stereocenters. The van der Waals surface area contributed by atoms with E-state index >= 15 is 0 Å². The van der Waals surface area contributed by atoms with Crippen molar-refractivity contribution >= 4 is 40.4 Å². The molecule has 4 heterocycles. The first-order chi connectivity index (χ1) is 21.7.